The van der Waals surface area contributed by atoms with Crippen LogP contribution in [0.1, 0.15) is 41.6 Å². The second-order valence-electron chi connectivity index (χ2n) is 5.55. The smallest absolute Gasteiger partial charge is 0.273 e. The molecular formula is C15H19BrN2O3. The maximum atomic E-state index is 12.2. The summed E-state index contributed by atoms with van der Waals surface area (Å²) < 4.78 is 0. The van der Waals surface area contributed by atoms with Crippen molar-refractivity contribution in [2.45, 2.75) is 37.4 Å². The number of carbonyl (C=O) groups excluding carboxylic acids is 1. The molecule has 2 rings (SSSR count). The molecule has 1 aliphatic carbocycles. The van der Waals surface area contributed by atoms with Gasteiger partial charge in [-0.3, -0.25) is 14.9 Å². The number of nitro benzene ring substituents is 1. The molecule has 1 amide bonds. The molecule has 1 saturated carbocycles. The Labute approximate surface area is 132 Å². The molecule has 5 nitrogen and oxygen atoms in total. The minimum absolute atomic E-state index is 0.0131. The van der Waals surface area contributed by atoms with Gasteiger partial charge in [-0.05, 0) is 38.2 Å². The summed E-state index contributed by atoms with van der Waals surface area (Å²) in [4.78, 5) is 23.2. The van der Waals surface area contributed by atoms with Gasteiger partial charge in [0, 0.05) is 28.6 Å². The van der Waals surface area contributed by atoms with Gasteiger partial charge in [0.1, 0.15) is 0 Å². The number of amides is 1. The molecule has 1 aromatic rings. The Bertz CT molecular complexity index is 548. The molecule has 0 aliphatic heterocycles. The van der Waals surface area contributed by atoms with E-state index in [-0.39, 0.29) is 11.6 Å². The molecule has 1 aromatic carbocycles. The van der Waals surface area contributed by atoms with Crippen molar-refractivity contribution in [3.63, 3.8) is 0 Å². The van der Waals surface area contributed by atoms with Crippen LogP contribution >= 0.6 is 15.9 Å². The summed E-state index contributed by atoms with van der Waals surface area (Å²) in [7, 11) is 0. The predicted molar refractivity (Wildman–Crippen MR) is 84.8 cm³/mol. The Kier molecular flexibility index (Phi) is 5.33. The highest BCUT2D eigenvalue weighted by Gasteiger charge is 2.22. The molecule has 1 N–H and O–H groups in total. The molecule has 114 valence electrons. The first-order valence-electron chi connectivity index (χ1n) is 7.15. The Morgan fingerprint density at radius 2 is 2.24 bits per heavy atom. The van der Waals surface area contributed by atoms with Gasteiger partial charge in [0.25, 0.3) is 11.6 Å². The van der Waals surface area contributed by atoms with Crippen molar-refractivity contribution in [3.05, 3.63) is 39.4 Å². The highest BCUT2D eigenvalue weighted by Crippen LogP contribution is 2.28. The van der Waals surface area contributed by atoms with Gasteiger partial charge >= 0.3 is 0 Å². The molecule has 2 unspecified atom stereocenters. The Morgan fingerprint density at radius 3 is 2.90 bits per heavy atom. The first-order valence-corrected chi connectivity index (χ1v) is 8.07. The lowest BCUT2D eigenvalue weighted by atomic mass is 9.89. The quantitative estimate of drug-likeness (QED) is 0.510. The van der Waals surface area contributed by atoms with Crippen LogP contribution in [0.25, 0.3) is 0 Å². The number of alkyl halides is 1. The van der Waals surface area contributed by atoms with Crippen LogP contribution in [0.4, 0.5) is 5.69 Å². The minimum Gasteiger partial charge on any atom is -0.352 e. The fraction of sp³-hybridized carbons (Fsp3) is 0.533. The average Bonchev–Trinajstić information content (AvgIpc) is 2.45. The van der Waals surface area contributed by atoms with E-state index in [2.05, 4.69) is 21.2 Å². The number of halogens is 1. The molecule has 0 aromatic heterocycles. The van der Waals surface area contributed by atoms with Crippen LogP contribution in [0.3, 0.4) is 0 Å². The molecule has 0 radical (unpaired) electrons. The number of benzene rings is 1. The highest BCUT2D eigenvalue weighted by molar-refractivity contribution is 9.09. The lowest BCUT2D eigenvalue weighted by molar-refractivity contribution is -0.385. The molecule has 0 saturated heterocycles. The fourth-order valence-electron chi connectivity index (χ4n) is 2.81. The van der Waals surface area contributed by atoms with Gasteiger partial charge in [0.15, 0.2) is 0 Å². The molecule has 1 fully saturated rings. The van der Waals surface area contributed by atoms with Gasteiger partial charge in [-0.25, -0.2) is 0 Å². The van der Waals surface area contributed by atoms with E-state index in [9.17, 15) is 14.9 Å². The third kappa shape index (κ3) is 4.03. The van der Waals surface area contributed by atoms with E-state index in [1.54, 1.807) is 19.1 Å². The van der Waals surface area contributed by atoms with Gasteiger partial charge in [-0.2, -0.15) is 0 Å². The zero-order chi connectivity index (χ0) is 15.4. The molecule has 21 heavy (non-hydrogen) atoms. The normalized spacial score (nSPS) is 21.8. The maximum absolute atomic E-state index is 12.2. The number of hydrogen-bond donors (Lipinski definition) is 1. The third-order valence-electron chi connectivity index (χ3n) is 4.02. The second-order valence-corrected chi connectivity index (χ2v) is 6.84. The Morgan fingerprint density at radius 1 is 1.48 bits per heavy atom. The highest BCUT2D eigenvalue weighted by atomic mass is 79.9. The van der Waals surface area contributed by atoms with Gasteiger partial charge < -0.3 is 5.32 Å². The topological polar surface area (TPSA) is 72.2 Å². The summed E-state index contributed by atoms with van der Waals surface area (Å²) in [5.74, 6) is 0.249. The monoisotopic (exact) mass is 354 g/mol. The van der Waals surface area contributed by atoms with Gasteiger partial charge in [0.05, 0.1) is 4.92 Å². The van der Waals surface area contributed by atoms with Crippen molar-refractivity contribution in [2.24, 2.45) is 5.92 Å². The lowest BCUT2D eigenvalue weighted by Gasteiger charge is -2.25. The SMILES string of the molecule is Cc1c(C(=O)NCC2CCCC(Br)C2)cccc1[N+](=O)[O-]. The van der Waals surface area contributed by atoms with Crippen molar-refractivity contribution in [1.82, 2.24) is 5.32 Å². The average molecular weight is 355 g/mol. The van der Waals surface area contributed by atoms with E-state index >= 15 is 0 Å². The van der Waals surface area contributed by atoms with Crippen LogP contribution < -0.4 is 5.32 Å². The molecule has 2 atom stereocenters. The zero-order valence-electron chi connectivity index (χ0n) is 12.0. The first-order chi connectivity index (χ1) is 9.99. The molecule has 1 aliphatic rings. The number of carbonyl (C=O) groups is 1. The number of nitrogens with zero attached hydrogens (tertiary/aromatic N) is 1. The van der Waals surface area contributed by atoms with Crippen LogP contribution in [0.2, 0.25) is 0 Å². The summed E-state index contributed by atoms with van der Waals surface area (Å²) in [6.07, 6.45) is 4.55. The van der Waals surface area contributed by atoms with E-state index in [1.165, 1.54) is 18.9 Å². The Hall–Kier alpha value is -1.43. The third-order valence-corrected chi connectivity index (χ3v) is 4.85. The summed E-state index contributed by atoms with van der Waals surface area (Å²) in [5.41, 5.74) is 0.790. The van der Waals surface area contributed by atoms with Gasteiger partial charge in [-0.1, -0.05) is 28.4 Å². The summed E-state index contributed by atoms with van der Waals surface area (Å²) in [6, 6.07) is 4.60. The molecule has 0 heterocycles. The van der Waals surface area contributed by atoms with Gasteiger partial charge in [0.2, 0.25) is 0 Å². The van der Waals surface area contributed by atoms with Crippen LogP contribution in [0.15, 0.2) is 18.2 Å². The van der Waals surface area contributed by atoms with Crippen LogP contribution in [0, 0.1) is 23.0 Å². The molecular weight excluding hydrogens is 336 g/mol. The van der Waals surface area contributed by atoms with Crippen molar-refractivity contribution in [1.29, 1.82) is 0 Å². The summed E-state index contributed by atoms with van der Waals surface area (Å²) in [5, 5.41) is 13.8. The van der Waals surface area contributed by atoms with Crippen molar-refractivity contribution in [3.8, 4) is 0 Å². The lowest BCUT2D eigenvalue weighted by Crippen LogP contribution is -2.32. The maximum Gasteiger partial charge on any atom is 0.273 e. The number of nitro groups is 1. The van der Waals surface area contributed by atoms with Crippen LogP contribution in [-0.4, -0.2) is 22.2 Å². The molecule has 0 spiro atoms. The predicted octanol–water partition coefficient (Wildman–Crippen LogP) is 3.59. The summed E-state index contributed by atoms with van der Waals surface area (Å²) in [6.45, 7) is 2.24. The van der Waals surface area contributed by atoms with E-state index in [0.29, 0.717) is 28.4 Å². The van der Waals surface area contributed by atoms with Crippen molar-refractivity contribution in [2.75, 3.05) is 6.54 Å². The standard InChI is InChI=1S/C15H19BrN2O3/c1-10-13(6-3-7-14(10)18(20)21)15(19)17-9-11-4-2-5-12(16)8-11/h3,6-7,11-12H,2,4-5,8-9H2,1H3,(H,17,19). The zero-order valence-corrected chi connectivity index (χ0v) is 13.6. The van der Waals surface area contributed by atoms with Gasteiger partial charge in [-0.15, -0.1) is 0 Å². The fourth-order valence-corrected chi connectivity index (χ4v) is 3.66. The van der Waals surface area contributed by atoms with E-state index < -0.39 is 4.92 Å². The number of nitrogens with one attached hydrogen (secondary N) is 1. The summed E-state index contributed by atoms with van der Waals surface area (Å²) >= 11 is 3.63. The van der Waals surface area contributed by atoms with Crippen LogP contribution in [0.5, 0.6) is 0 Å². The first kappa shape index (κ1) is 15.9. The van der Waals surface area contributed by atoms with Crippen molar-refractivity contribution >= 4 is 27.5 Å². The van der Waals surface area contributed by atoms with Crippen LogP contribution in [-0.2, 0) is 0 Å². The Balaban J connectivity index is 2.00. The van der Waals surface area contributed by atoms with E-state index in [1.807, 2.05) is 0 Å². The number of hydrogen-bond acceptors (Lipinski definition) is 3. The molecule has 6 heteroatoms. The number of rotatable bonds is 4. The molecule has 0 bridgehead atoms. The van der Waals surface area contributed by atoms with E-state index in [0.717, 1.165) is 12.8 Å². The minimum atomic E-state index is -0.456. The largest absolute Gasteiger partial charge is 0.352 e. The van der Waals surface area contributed by atoms with Crippen molar-refractivity contribution < 1.29 is 9.72 Å². The van der Waals surface area contributed by atoms with E-state index in [4.69, 9.17) is 0 Å². The second kappa shape index (κ2) is 7.02.